The number of nitrogens with two attached hydrogens (primary N) is 1. The molecule has 0 radical (unpaired) electrons. The minimum Gasteiger partial charge on any atom is -0.329 e. The lowest BCUT2D eigenvalue weighted by atomic mass is 10.0. The molecule has 102 valence electrons. The molecule has 0 saturated carbocycles. The molecule has 0 spiro atoms. The Morgan fingerprint density at radius 2 is 2.28 bits per heavy atom. The van der Waals surface area contributed by atoms with E-state index in [1.54, 1.807) is 0 Å². The molecule has 0 aliphatic carbocycles. The molecule has 1 aliphatic rings. The average molecular weight is 268 g/mol. The van der Waals surface area contributed by atoms with Crippen molar-refractivity contribution in [3.8, 4) is 0 Å². The highest BCUT2D eigenvalue weighted by Crippen LogP contribution is 2.34. The van der Waals surface area contributed by atoms with Crippen molar-refractivity contribution in [2.75, 3.05) is 25.4 Å². The monoisotopic (exact) mass is 268 g/mol. The first-order valence-corrected chi connectivity index (χ1v) is 7.50. The van der Waals surface area contributed by atoms with E-state index in [4.69, 9.17) is 5.73 Å². The van der Waals surface area contributed by atoms with Crippen LogP contribution in [0.2, 0.25) is 0 Å². The largest absolute Gasteiger partial charge is 0.329 e. The molecule has 1 saturated heterocycles. The third-order valence-electron chi connectivity index (χ3n) is 3.53. The molecule has 0 bridgehead atoms. The summed E-state index contributed by atoms with van der Waals surface area (Å²) in [6, 6.07) is 0.305. The summed E-state index contributed by atoms with van der Waals surface area (Å²) in [6.45, 7) is 9.56. The maximum absolute atomic E-state index is 6.02. The first-order chi connectivity index (χ1) is 8.43. The van der Waals surface area contributed by atoms with Gasteiger partial charge in [-0.15, -0.1) is 0 Å². The van der Waals surface area contributed by atoms with Gasteiger partial charge in [0, 0.05) is 48.9 Å². The summed E-state index contributed by atoms with van der Waals surface area (Å²) in [5, 5.41) is 4.44. The summed E-state index contributed by atoms with van der Waals surface area (Å²) in [6.07, 6.45) is 2.11. The second-order valence-corrected chi connectivity index (χ2v) is 7.48. The molecule has 2 N–H and O–H groups in total. The average Bonchev–Trinajstić information content (AvgIpc) is 2.58. The summed E-state index contributed by atoms with van der Waals surface area (Å²) >= 11 is 2.05. The highest BCUT2D eigenvalue weighted by Gasteiger charge is 2.32. The Morgan fingerprint density at radius 1 is 1.56 bits per heavy atom. The van der Waals surface area contributed by atoms with Gasteiger partial charge in [0.25, 0.3) is 0 Å². The van der Waals surface area contributed by atoms with Crippen LogP contribution in [-0.4, -0.2) is 44.8 Å². The van der Waals surface area contributed by atoms with Crippen molar-refractivity contribution in [3.05, 3.63) is 17.5 Å². The Bertz CT molecular complexity index is 413. The van der Waals surface area contributed by atoms with Gasteiger partial charge in [-0.3, -0.25) is 9.58 Å². The highest BCUT2D eigenvalue weighted by molar-refractivity contribution is 8.00. The molecule has 2 rings (SSSR count). The van der Waals surface area contributed by atoms with E-state index in [0.717, 1.165) is 18.8 Å². The molecule has 1 aromatic rings. The van der Waals surface area contributed by atoms with Gasteiger partial charge in [0.15, 0.2) is 0 Å². The van der Waals surface area contributed by atoms with Gasteiger partial charge in [0.05, 0.1) is 11.7 Å². The van der Waals surface area contributed by atoms with Crippen LogP contribution < -0.4 is 5.73 Å². The molecule has 0 amide bonds. The zero-order chi connectivity index (χ0) is 13.3. The van der Waals surface area contributed by atoms with E-state index >= 15 is 0 Å². The van der Waals surface area contributed by atoms with Crippen molar-refractivity contribution in [1.29, 1.82) is 0 Å². The Balaban J connectivity index is 2.20. The van der Waals surface area contributed by atoms with Crippen LogP contribution in [0, 0.1) is 6.92 Å². The molecule has 1 unspecified atom stereocenters. The van der Waals surface area contributed by atoms with Crippen LogP contribution in [-0.2, 0) is 7.05 Å². The third-order valence-corrected chi connectivity index (χ3v) is 4.83. The predicted octanol–water partition coefficient (Wildman–Crippen LogP) is 1.56. The summed E-state index contributed by atoms with van der Waals surface area (Å²) in [5.41, 5.74) is 8.40. The summed E-state index contributed by atoms with van der Waals surface area (Å²) in [7, 11) is 1.97. The Labute approximate surface area is 114 Å². The minimum absolute atomic E-state index is 0.305. The molecule has 2 heterocycles. The van der Waals surface area contributed by atoms with Crippen LogP contribution in [0.15, 0.2) is 6.20 Å². The van der Waals surface area contributed by atoms with Gasteiger partial charge in [-0.2, -0.15) is 16.9 Å². The van der Waals surface area contributed by atoms with Gasteiger partial charge in [0.1, 0.15) is 0 Å². The lowest BCUT2D eigenvalue weighted by molar-refractivity contribution is 0.192. The maximum atomic E-state index is 6.02. The van der Waals surface area contributed by atoms with Crippen LogP contribution in [0.3, 0.4) is 0 Å². The second-order valence-electron chi connectivity index (χ2n) is 5.67. The molecule has 5 heteroatoms. The van der Waals surface area contributed by atoms with Gasteiger partial charge in [-0.05, 0) is 20.8 Å². The first kappa shape index (κ1) is 13.9. The minimum atomic E-state index is 0.305. The van der Waals surface area contributed by atoms with Crippen LogP contribution in [0.5, 0.6) is 0 Å². The van der Waals surface area contributed by atoms with E-state index in [-0.39, 0.29) is 0 Å². The van der Waals surface area contributed by atoms with Crippen molar-refractivity contribution in [3.63, 3.8) is 0 Å². The number of nitrogens with zero attached hydrogens (tertiary/aromatic N) is 3. The molecule has 1 fully saturated rings. The number of thioether (sulfide) groups is 1. The molecule has 1 atom stereocenters. The maximum Gasteiger partial charge on any atom is 0.0641 e. The summed E-state index contributed by atoms with van der Waals surface area (Å²) < 4.78 is 2.21. The zero-order valence-electron chi connectivity index (χ0n) is 11.8. The smallest absolute Gasteiger partial charge is 0.0641 e. The predicted molar refractivity (Wildman–Crippen MR) is 77.9 cm³/mol. The van der Waals surface area contributed by atoms with E-state index in [2.05, 4.69) is 48.7 Å². The van der Waals surface area contributed by atoms with Crippen LogP contribution >= 0.6 is 11.8 Å². The van der Waals surface area contributed by atoms with Crippen molar-refractivity contribution >= 4 is 11.8 Å². The van der Waals surface area contributed by atoms with Gasteiger partial charge in [0.2, 0.25) is 0 Å². The van der Waals surface area contributed by atoms with E-state index in [9.17, 15) is 0 Å². The first-order valence-electron chi connectivity index (χ1n) is 6.51. The summed E-state index contributed by atoms with van der Waals surface area (Å²) in [5.74, 6) is 1.18. The molecule has 1 aromatic heterocycles. The van der Waals surface area contributed by atoms with E-state index in [1.165, 1.54) is 11.3 Å². The van der Waals surface area contributed by atoms with Gasteiger partial charge < -0.3 is 5.73 Å². The fraction of sp³-hybridized carbons (Fsp3) is 0.769. The van der Waals surface area contributed by atoms with Gasteiger partial charge in [-0.25, -0.2) is 0 Å². The van der Waals surface area contributed by atoms with Crippen molar-refractivity contribution in [2.24, 2.45) is 12.8 Å². The Hall–Kier alpha value is -0.520. The second kappa shape index (κ2) is 5.23. The number of aryl methyl sites for hydroxylation is 2. The normalized spacial score (nSPS) is 22.1. The van der Waals surface area contributed by atoms with Gasteiger partial charge in [-0.1, -0.05) is 0 Å². The number of aromatic nitrogens is 2. The highest BCUT2D eigenvalue weighted by atomic mass is 32.2. The van der Waals surface area contributed by atoms with Crippen molar-refractivity contribution < 1.29 is 0 Å². The fourth-order valence-electron chi connectivity index (χ4n) is 2.74. The third kappa shape index (κ3) is 2.90. The molecule has 1 aliphatic heterocycles. The van der Waals surface area contributed by atoms with Gasteiger partial charge >= 0.3 is 0 Å². The van der Waals surface area contributed by atoms with Crippen molar-refractivity contribution in [1.82, 2.24) is 14.7 Å². The van der Waals surface area contributed by atoms with E-state index in [1.807, 2.05) is 11.7 Å². The molecular weight excluding hydrogens is 244 g/mol. The summed E-state index contributed by atoms with van der Waals surface area (Å²) in [4.78, 5) is 2.51. The molecule has 18 heavy (non-hydrogen) atoms. The van der Waals surface area contributed by atoms with E-state index in [0.29, 0.717) is 17.3 Å². The lowest BCUT2D eigenvalue weighted by Crippen LogP contribution is -2.46. The topological polar surface area (TPSA) is 47.1 Å². The lowest BCUT2D eigenvalue weighted by Gasteiger charge is -2.41. The van der Waals surface area contributed by atoms with Crippen LogP contribution in [0.25, 0.3) is 0 Å². The van der Waals surface area contributed by atoms with E-state index < -0.39 is 0 Å². The Kier molecular flexibility index (Phi) is 4.04. The molecule has 4 nitrogen and oxygen atoms in total. The number of rotatable bonds is 3. The number of hydrogen-bond acceptors (Lipinski definition) is 4. The van der Waals surface area contributed by atoms with Crippen LogP contribution in [0.1, 0.15) is 31.1 Å². The molecule has 0 aromatic carbocycles. The van der Waals surface area contributed by atoms with Crippen molar-refractivity contribution in [2.45, 2.75) is 31.6 Å². The SMILES string of the molecule is Cc1nn(C)cc1C(CN)N1CCSC(C)(C)C1. The quantitative estimate of drug-likeness (QED) is 0.903. The molecular formula is C13H24N4S. The number of hydrogen-bond donors (Lipinski definition) is 1. The van der Waals surface area contributed by atoms with Crippen LogP contribution in [0.4, 0.5) is 0 Å². The standard InChI is InChI=1S/C13H24N4S/c1-10-11(8-16(4)15-10)12(7-14)17-5-6-18-13(2,3)9-17/h8,12H,5-7,9,14H2,1-4H3. The zero-order valence-corrected chi connectivity index (χ0v) is 12.6. The fourth-order valence-corrected chi connectivity index (χ4v) is 3.87. The Morgan fingerprint density at radius 3 is 2.78 bits per heavy atom.